The van der Waals surface area contributed by atoms with Gasteiger partial charge in [-0.2, -0.15) is 15.0 Å². The molecule has 0 spiro atoms. The Morgan fingerprint density at radius 1 is 1.22 bits per heavy atom. The first-order chi connectivity index (χ1) is 11.2. The van der Waals surface area contributed by atoms with Gasteiger partial charge in [-0.15, -0.1) is 11.8 Å². The van der Waals surface area contributed by atoms with Gasteiger partial charge in [-0.05, 0) is 5.75 Å². The number of hydrogen-bond acceptors (Lipinski definition) is 5. The van der Waals surface area contributed by atoms with Crippen molar-refractivity contribution in [3.63, 3.8) is 0 Å². The molecule has 23 heavy (non-hydrogen) atoms. The first-order valence-corrected chi connectivity index (χ1v) is 7.87. The lowest BCUT2D eigenvalue weighted by Crippen LogP contribution is -2.19. The molecule has 112 valence electrons. The van der Waals surface area contributed by atoms with Crippen molar-refractivity contribution in [2.75, 3.05) is 5.75 Å². The summed E-state index contributed by atoms with van der Waals surface area (Å²) in [5, 5.41) is 21.7. The lowest BCUT2D eigenvalue weighted by atomic mass is 10.2. The van der Waals surface area contributed by atoms with Gasteiger partial charge in [-0.25, -0.2) is 4.98 Å². The quantitative estimate of drug-likeness (QED) is 0.748. The average Bonchev–Trinajstić information content (AvgIpc) is 3.02. The fraction of sp³-hybridized carbons (Fsp3) is 0.125. The van der Waals surface area contributed by atoms with E-state index in [0.29, 0.717) is 16.5 Å². The molecule has 1 aromatic carbocycles. The minimum absolute atomic E-state index is 0.0332. The Morgan fingerprint density at radius 3 is 2.52 bits per heavy atom. The summed E-state index contributed by atoms with van der Waals surface area (Å²) in [4.78, 5) is 17.3. The smallest absolute Gasteiger partial charge is 0.272 e. The molecule has 2 heterocycles. The van der Waals surface area contributed by atoms with Crippen LogP contribution in [0.4, 0.5) is 0 Å². The lowest BCUT2D eigenvalue weighted by Gasteiger charge is -2.04. The van der Waals surface area contributed by atoms with Crippen LogP contribution < -0.4 is 5.56 Å². The highest BCUT2D eigenvalue weighted by Gasteiger charge is 2.21. The van der Waals surface area contributed by atoms with Crippen molar-refractivity contribution in [2.45, 2.75) is 11.8 Å². The summed E-state index contributed by atoms with van der Waals surface area (Å²) in [5.41, 5.74) is 0.752. The van der Waals surface area contributed by atoms with Crippen molar-refractivity contribution in [2.24, 2.45) is 0 Å². The molecule has 0 amide bonds. The summed E-state index contributed by atoms with van der Waals surface area (Å²) in [6, 6.07) is 13.3. The number of nitrogens with zero attached hydrogens (tertiary/aromatic N) is 4. The lowest BCUT2D eigenvalue weighted by molar-refractivity contribution is 0.904. The number of nitriles is 2. The number of rotatable bonds is 3. The highest BCUT2D eigenvalue weighted by atomic mass is 32.2. The maximum Gasteiger partial charge on any atom is 0.290 e. The van der Waals surface area contributed by atoms with Crippen molar-refractivity contribution in [1.82, 2.24) is 14.6 Å². The molecule has 0 fully saturated rings. The highest BCUT2D eigenvalue weighted by Crippen LogP contribution is 2.27. The van der Waals surface area contributed by atoms with Crippen molar-refractivity contribution in [3.8, 4) is 23.5 Å². The molecule has 1 N–H and O–H groups in total. The van der Waals surface area contributed by atoms with E-state index < -0.39 is 5.56 Å². The number of aromatic amines is 1. The number of pyridine rings is 1. The Morgan fingerprint density at radius 2 is 1.91 bits per heavy atom. The Balaban J connectivity index is 2.39. The van der Waals surface area contributed by atoms with Crippen LogP contribution in [0.15, 0.2) is 40.0 Å². The molecule has 0 aliphatic carbocycles. The Hall–Kier alpha value is -3.03. The predicted octanol–water partition coefficient (Wildman–Crippen LogP) is 2.54. The SMILES string of the molecule is CCSc1c(C#N)c(=O)n2[nH]c(-c3ccccc3)nc2c1C#N. The molecule has 0 unspecified atom stereocenters. The number of H-pyrrole nitrogens is 1. The molecule has 0 atom stereocenters. The van der Waals surface area contributed by atoms with E-state index in [9.17, 15) is 15.3 Å². The molecular weight excluding hydrogens is 310 g/mol. The van der Waals surface area contributed by atoms with Gasteiger partial charge in [0.15, 0.2) is 11.5 Å². The van der Waals surface area contributed by atoms with Crippen molar-refractivity contribution < 1.29 is 0 Å². The van der Waals surface area contributed by atoms with Gasteiger partial charge in [0.1, 0.15) is 23.3 Å². The van der Waals surface area contributed by atoms with Crippen LogP contribution in [0.3, 0.4) is 0 Å². The Kier molecular flexibility index (Phi) is 3.88. The number of nitrogens with one attached hydrogen (secondary N) is 1. The first-order valence-electron chi connectivity index (χ1n) is 6.88. The van der Waals surface area contributed by atoms with Gasteiger partial charge in [-0.3, -0.25) is 9.89 Å². The standard InChI is InChI=1S/C16H11N5OS/c1-2-23-13-11(8-17)15-19-14(10-6-4-3-5-7-10)20-21(15)16(22)12(13)9-18/h3-7H,2H2,1H3,(H,19,20). The van der Waals surface area contributed by atoms with Crippen molar-refractivity contribution in [1.29, 1.82) is 10.5 Å². The normalized spacial score (nSPS) is 10.4. The molecule has 7 heteroatoms. The molecule has 0 bridgehead atoms. The zero-order valence-electron chi connectivity index (χ0n) is 12.2. The van der Waals surface area contributed by atoms with Crippen LogP contribution >= 0.6 is 11.8 Å². The van der Waals surface area contributed by atoms with Crippen LogP contribution in [-0.4, -0.2) is 20.4 Å². The summed E-state index contributed by atoms with van der Waals surface area (Å²) in [6.07, 6.45) is 0. The summed E-state index contributed by atoms with van der Waals surface area (Å²) in [6.45, 7) is 1.90. The fourth-order valence-corrected chi connectivity index (χ4v) is 3.15. The molecule has 2 aromatic heterocycles. The molecule has 6 nitrogen and oxygen atoms in total. The van der Waals surface area contributed by atoms with Gasteiger partial charge in [0, 0.05) is 5.56 Å². The number of hydrogen-bond donors (Lipinski definition) is 1. The van der Waals surface area contributed by atoms with E-state index in [1.165, 1.54) is 16.3 Å². The predicted molar refractivity (Wildman–Crippen MR) is 87.1 cm³/mol. The van der Waals surface area contributed by atoms with E-state index in [1.54, 1.807) is 0 Å². The van der Waals surface area contributed by atoms with Crippen LogP contribution in [0.2, 0.25) is 0 Å². The van der Waals surface area contributed by atoms with Gasteiger partial charge in [-0.1, -0.05) is 37.3 Å². The fourth-order valence-electron chi connectivity index (χ4n) is 2.30. The topological polar surface area (TPSA) is 97.7 Å². The van der Waals surface area contributed by atoms with Gasteiger partial charge in [0.25, 0.3) is 5.56 Å². The third-order valence-corrected chi connectivity index (χ3v) is 4.29. The van der Waals surface area contributed by atoms with Crippen LogP contribution in [0.5, 0.6) is 0 Å². The van der Waals surface area contributed by atoms with Crippen LogP contribution in [-0.2, 0) is 0 Å². The zero-order valence-corrected chi connectivity index (χ0v) is 13.0. The molecule has 3 aromatic rings. The number of fused-ring (bicyclic) bond motifs is 1. The van der Waals surface area contributed by atoms with Crippen LogP contribution in [0, 0.1) is 22.7 Å². The monoisotopic (exact) mass is 321 g/mol. The molecule has 0 aliphatic rings. The minimum Gasteiger partial charge on any atom is -0.272 e. The third-order valence-electron chi connectivity index (χ3n) is 3.30. The number of aromatic nitrogens is 3. The summed E-state index contributed by atoms with van der Waals surface area (Å²) < 4.78 is 1.17. The minimum atomic E-state index is -0.493. The van der Waals surface area contributed by atoms with Crippen molar-refractivity contribution >= 4 is 17.4 Å². The van der Waals surface area contributed by atoms with Crippen molar-refractivity contribution in [3.05, 3.63) is 51.8 Å². The maximum atomic E-state index is 12.5. The van der Waals surface area contributed by atoms with Gasteiger partial charge >= 0.3 is 0 Å². The van der Waals surface area contributed by atoms with Gasteiger partial charge in [0.05, 0.1) is 4.90 Å². The molecule has 0 aliphatic heterocycles. The van der Waals surface area contributed by atoms with E-state index in [-0.39, 0.29) is 16.8 Å². The van der Waals surface area contributed by atoms with E-state index in [2.05, 4.69) is 16.2 Å². The third kappa shape index (κ3) is 2.37. The van der Waals surface area contributed by atoms with Gasteiger partial charge < -0.3 is 0 Å². The Bertz CT molecular complexity index is 1020. The highest BCUT2D eigenvalue weighted by molar-refractivity contribution is 7.99. The summed E-state index contributed by atoms with van der Waals surface area (Å²) >= 11 is 1.30. The Labute approximate surface area is 136 Å². The molecule has 0 radical (unpaired) electrons. The number of benzene rings is 1. The molecule has 0 saturated carbocycles. The average molecular weight is 321 g/mol. The summed E-state index contributed by atoms with van der Waals surface area (Å²) in [5.74, 6) is 1.12. The van der Waals surface area contributed by atoms with E-state index in [1.807, 2.05) is 43.3 Å². The van der Waals surface area contributed by atoms with Gasteiger partial charge in [0.2, 0.25) is 0 Å². The number of thioether (sulfide) groups is 1. The van der Waals surface area contributed by atoms with Crippen LogP contribution in [0.1, 0.15) is 18.1 Å². The molecule has 0 saturated heterocycles. The van der Waals surface area contributed by atoms with E-state index >= 15 is 0 Å². The zero-order chi connectivity index (χ0) is 16.4. The van der Waals surface area contributed by atoms with E-state index in [0.717, 1.165) is 5.56 Å². The summed E-state index contributed by atoms with van der Waals surface area (Å²) in [7, 11) is 0. The second kappa shape index (κ2) is 5.99. The van der Waals surface area contributed by atoms with Crippen LogP contribution in [0.25, 0.3) is 17.0 Å². The second-order valence-corrected chi connectivity index (χ2v) is 5.91. The molecular formula is C16H11N5OS. The maximum absolute atomic E-state index is 12.5. The molecule has 3 rings (SSSR count). The largest absolute Gasteiger partial charge is 0.290 e. The first kappa shape index (κ1) is 14.9. The second-order valence-electron chi connectivity index (χ2n) is 4.64. The van der Waals surface area contributed by atoms with E-state index in [4.69, 9.17) is 0 Å².